The van der Waals surface area contributed by atoms with Crippen LogP contribution in [0.25, 0.3) is 10.9 Å². The first-order valence-electron chi connectivity index (χ1n) is 7.77. The zero-order valence-corrected chi connectivity index (χ0v) is 14.4. The van der Waals surface area contributed by atoms with Crippen LogP contribution in [0.4, 0.5) is 4.79 Å². The van der Waals surface area contributed by atoms with Crippen molar-refractivity contribution < 1.29 is 19.1 Å². The van der Waals surface area contributed by atoms with Gasteiger partial charge in [0.15, 0.2) is 5.78 Å². The molecule has 0 aliphatic heterocycles. The summed E-state index contributed by atoms with van der Waals surface area (Å²) >= 11 is 0. The van der Waals surface area contributed by atoms with Gasteiger partial charge in [-0.15, -0.1) is 0 Å². The smallest absolute Gasteiger partial charge is 0.407 e. The molecular formula is C17H23N3O4. The summed E-state index contributed by atoms with van der Waals surface area (Å²) in [5, 5.41) is 10.3. The van der Waals surface area contributed by atoms with E-state index < -0.39 is 12.2 Å². The number of rotatable bonds is 6. The molecule has 0 aliphatic carbocycles. The number of hydrogen-bond acceptors (Lipinski definition) is 5. The highest BCUT2D eigenvalue weighted by Gasteiger charge is 2.17. The van der Waals surface area contributed by atoms with E-state index in [4.69, 9.17) is 9.47 Å². The molecule has 0 saturated carbocycles. The second-order valence-corrected chi connectivity index (χ2v) is 6.70. The van der Waals surface area contributed by atoms with Crippen LogP contribution in [0.2, 0.25) is 0 Å². The number of nitrogens with zero attached hydrogens (tertiary/aromatic N) is 1. The van der Waals surface area contributed by atoms with Crippen molar-refractivity contribution in [2.75, 3.05) is 13.2 Å². The molecule has 1 heterocycles. The third kappa shape index (κ3) is 5.34. The van der Waals surface area contributed by atoms with Crippen LogP contribution in [-0.4, -0.2) is 46.9 Å². The summed E-state index contributed by atoms with van der Waals surface area (Å²) in [7, 11) is 0. The minimum Gasteiger partial charge on any atom is -0.444 e. The molecule has 7 heteroatoms. The highest BCUT2D eigenvalue weighted by atomic mass is 16.6. The molecule has 24 heavy (non-hydrogen) atoms. The first-order chi connectivity index (χ1) is 11.2. The average Bonchev–Trinajstić information content (AvgIpc) is 2.92. The molecule has 2 rings (SSSR count). The van der Waals surface area contributed by atoms with Gasteiger partial charge >= 0.3 is 6.09 Å². The number of nitrogens with one attached hydrogen (secondary N) is 2. The Kier molecular flexibility index (Phi) is 5.56. The number of ether oxygens (including phenoxy) is 2. The summed E-state index contributed by atoms with van der Waals surface area (Å²) in [5.41, 5.74) is 1.07. The first-order valence-corrected chi connectivity index (χ1v) is 7.77. The lowest BCUT2D eigenvalue weighted by atomic mass is 10.1. The van der Waals surface area contributed by atoms with Crippen LogP contribution in [-0.2, 0) is 9.47 Å². The Morgan fingerprint density at radius 3 is 2.79 bits per heavy atom. The van der Waals surface area contributed by atoms with E-state index in [2.05, 4.69) is 15.5 Å². The Morgan fingerprint density at radius 2 is 2.08 bits per heavy atom. The normalized spacial score (nSPS) is 12.8. The van der Waals surface area contributed by atoms with Crippen LogP contribution in [0.3, 0.4) is 0 Å². The molecule has 0 saturated heterocycles. The standard InChI is InChI=1S/C17H23N3O4/c1-11(24-16(22)19-17(2,3)4)9-23-10-15(21)12-5-6-14-13(7-12)8-18-20-14/h5-8,11H,9-10H2,1-4H3,(H,18,20)(H,19,22)/t11-/m1/s1. The van der Waals surface area contributed by atoms with E-state index in [1.807, 2.05) is 20.8 Å². The lowest BCUT2D eigenvalue weighted by Gasteiger charge is -2.22. The number of ketones is 1. The van der Waals surface area contributed by atoms with Crippen LogP contribution in [0, 0.1) is 0 Å². The molecule has 0 radical (unpaired) electrons. The number of carbonyl (C=O) groups excluding carboxylic acids is 2. The molecule has 130 valence electrons. The van der Waals surface area contributed by atoms with E-state index in [-0.39, 0.29) is 24.5 Å². The van der Waals surface area contributed by atoms with E-state index in [1.54, 1.807) is 31.3 Å². The highest BCUT2D eigenvalue weighted by Crippen LogP contribution is 2.13. The van der Waals surface area contributed by atoms with Gasteiger partial charge in [0, 0.05) is 16.5 Å². The minimum absolute atomic E-state index is 0.0715. The lowest BCUT2D eigenvalue weighted by Crippen LogP contribution is -2.42. The predicted octanol–water partition coefficient (Wildman–Crippen LogP) is 2.68. The van der Waals surface area contributed by atoms with Crippen molar-refractivity contribution >= 4 is 22.8 Å². The fourth-order valence-electron chi connectivity index (χ4n) is 2.07. The van der Waals surface area contributed by atoms with Gasteiger partial charge in [-0.05, 0) is 45.9 Å². The molecule has 2 aromatic rings. The number of fused-ring (bicyclic) bond motifs is 1. The van der Waals surface area contributed by atoms with Crippen molar-refractivity contribution in [3.63, 3.8) is 0 Å². The van der Waals surface area contributed by atoms with Crippen LogP contribution in [0.1, 0.15) is 38.1 Å². The van der Waals surface area contributed by atoms with E-state index in [9.17, 15) is 9.59 Å². The summed E-state index contributed by atoms with van der Waals surface area (Å²) < 4.78 is 10.5. The summed E-state index contributed by atoms with van der Waals surface area (Å²) in [4.78, 5) is 23.7. The van der Waals surface area contributed by atoms with E-state index in [0.29, 0.717) is 5.56 Å². The number of amides is 1. The maximum absolute atomic E-state index is 12.1. The number of carbonyl (C=O) groups is 2. The van der Waals surface area contributed by atoms with Gasteiger partial charge in [0.1, 0.15) is 12.7 Å². The van der Waals surface area contributed by atoms with Gasteiger partial charge in [0.25, 0.3) is 0 Å². The number of alkyl carbamates (subject to hydrolysis) is 1. The Bertz CT molecular complexity index is 718. The number of benzene rings is 1. The summed E-state index contributed by atoms with van der Waals surface area (Å²) in [5.74, 6) is -0.135. The maximum atomic E-state index is 12.1. The summed E-state index contributed by atoms with van der Waals surface area (Å²) in [6.45, 7) is 7.39. The van der Waals surface area contributed by atoms with Gasteiger partial charge in [-0.3, -0.25) is 9.89 Å². The topological polar surface area (TPSA) is 93.3 Å². The molecule has 0 aliphatic rings. The van der Waals surface area contributed by atoms with Crippen molar-refractivity contribution in [3.05, 3.63) is 30.0 Å². The van der Waals surface area contributed by atoms with Crippen LogP contribution >= 0.6 is 0 Å². The Hall–Kier alpha value is -2.41. The summed E-state index contributed by atoms with van der Waals surface area (Å²) in [6, 6.07) is 5.29. The molecule has 0 bridgehead atoms. The third-order valence-electron chi connectivity index (χ3n) is 3.13. The number of aromatic amines is 1. The predicted molar refractivity (Wildman–Crippen MR) is 90.1 cm³/mol. The maximum Gasteiger partial charge on any atom is 0.407 e. The largest absolute Gasteiger partial charge is 0.444 e. The molecule has 1 aromatic heterocycles. The summed E-state index contributed by atoms with van der Waals surface area (Å²) in [6.07, 6.45) is 0.711. The van der Waals surface area contributed by atoms with Gasteiger partial charge in [0.2, 0.25) is 0 Å². The second-order valence-electron chi connectivity index (χ2n) is 6.70. The van der Waals surface area contributed by atoms with E-state index in [0.717, 1.165) is 10.9 Å². The Balaban J connectivity index is 1.76. The SMILES string of the molecule is C[C@H](COCC(=O)c1ccc2[nH]ncc2c1)OC(=O)NC(C)(C)C. The average molecular weight is 333 g/mol. The molecule has 1 amide bonds. The first kappa shape index (κ1) is 17.9. The van der Waals surface area contributed by atoms with Crippen LogP contribution in [0.15, 0.2) is 24.4 Å². The molecule has 7 nitrogen and oxygen atoms in total. The molecule has 2 N–H and O–H groups in total. The second kappa shape index (κ2) is 7.44. The number of hydrogen-bond donors (Lipinski definition) is 2. The van der Waals surface area contributed by atoms with E-state index in [1.165, 1.54) is 0 Å². The van der Waals surface area contributed by atoms with Gasteiger partial charge in [0.05, 0.1) is 18.3 Å². The Morgan fingerprint density at radius 1 is 1.33 bits per heavy atom. The van der Waals surface area contributed by atoms with Crippen molar-refractivity contribution in [2.45, 2.75) is 39.3 Å². The van der Waals surface area contributed by atoms with Gasteiger partial charge < -0.3 is 14.8 Å². The zero-order chi connectivity index (χ0) is 17.7. The fourth-order valence-corrected chi connectivity index (χ4v) is 2.07. The number of H-pyrrole nitrogens is 1. The van der Waals surface area contributed by atoms with Crippen LogP contribution < -0.4 is 5.32 Å². The lowest BCUT2D eigenvalue weighted by molar-refractivity contribution is 0.0270. The van der Waals surface area contributed by atoms with Crippen molar-refractivity contribution in [2.24, 2.45) is 0 Å². The quantitative estimate of drug-likeness (QED) is 0.793. The molecule has 0 spiro atoms. The fraction of sp³-hybridized carbons (Fsp3) is 0.471. The van der Waals surface area contributed by atoms with Gasteiger partial charge in [-0.1, -0.05) is 0 Å². The van der Waals surface area contributed by atoms with Crippen molar-refractivity contribution in [1.29, 1.82) is 0 Å². The third-order valence-corrected chi connectivity index (χ3v) is 3.13. The van der Waals surface area contributed by atoms with Gasteiger partial charge in [-0.2, -0.15) is 5.10 Å². The van der Waals surface area contributed by atoms with Crippen molar-refractivity contribution in [3.8, 4) is 0 Å². The van der Waals surface area contributed by atoms with Crippen LogP contribution in [0.5, 0.6) is 0 Å². The molecule has 0 unspecified atom stereocenters. The molecule has 0 fully saturated rings. The highest BCUT2D eigenvalue weighted by molar-refractivity contribution is 6.00. The monoisotopic (exact) mass is 333 g/mol. The Labute approximate surface area is 140 Å². The van der Waals surface area contributed by atoms with Gasteiger partial charge in [-0.25, -0.2) is 4.79 Å². The van der Waals surface area contributed by atoms with Crippen molar-refractivity contribution in [1.82, 2.24) is 15.5 Å². The number of Topliss-reactive ketones (excluding diaryl/α,β-unsaturated/α-hetero) is 1. The molecule has 1 aromatic carbocycles. The zero-order valence-electron chi connectivity index (χ0n) is 14.4. The van der Waals surface area contributed by atoms with E-state index >= 15 is 0 Å². The number of aromatic nitrogens is 2. The molecule has 1 atom stereocenters. The molecular weight excluding hydrogens is 310 g/mol. The minimum atomic E-state index is -0.504.